The van der Waals surface area contributed by atoms with Gasteiger partial charge in [0.2, 0.25) is 0 Å². The minimum atomic E-state index is 0.0745. The number of hydrogen-bond donors (Lipinski definition) is 0. The van der Waals surface area contributed by atoms with Crippen molar-refractivity contribution in [3.8, 4) is 22.8 Å². The Balaban J connectivity index is 2.16. The van der Waals surface area contributed by atoms with Crippen LogP contribution in [0.5, 0.6) is 0 Å². The summed E-state index contributed by atoms with van der Waals surface area (Å²) < 4.78 is 0. The molecule has 1 heterocycles. The van der Waals surface area contributed by atoms with E-state index >= 15 is 0 Å². The summed E-state index contributed by atoms with van der Waals surface area (Å²) in [6.07, 6.45) is 0. The number of hydrogen-bond acceptors (Lipinski definition) is 3. The molecule has 1 atom stereocenters. The molecule has 0 spiro atoms. The zero-order chi connectivity index (χ0) is 14.7. The number of alkyl halides is 1. The molecule has 3 rings (SSSR count). The first-order chi connectivity index (χ1) is 10.2. The average molecular weight is 340 g/mol. The molecule has 4 heteroatoms. The van der Waals surface area contributed by atoms with Crippen LogP contribution in [0.2, 0.25) is 0 Å². The van der Waals surface area contributed by atoms with Gasteiger partial charge < -0.3 is 0 Å². The van der Waals surface area contributed by atoms with E-state index in [-0.39, 0.29) is 4.83 Å². The predicted molar refractivity (Wildman–Crippen MR) is 88.0 cm³/mol. The second kappa shape index (κ2) is 6.14. The number of benzene rings is 2. The molecule has 2 aromatic carbocycles. The lowest BCUT2D eigenvalue weighted by molar-refractivity contribution is 0.904. The second-order valence-corrected chi connectivity index (χ2v) is 6.06. The summed E-state index contributed by atoms with van der Waals surface area (Å²) in [6, 6.07) is 19.9. The van der Waals surface area contributed by atoms with Gasteiger partial charge in [-0.3, -0.25) is 0 Å². The van der Waals surface area contributed by atoms with E-state index in [2.05, 4.69) is 30.9 Å². The highest BCUT2D eigenvalue weighted by molar-refractivity contribution is 9.09. The molecule has 3 nitrogen and oxygen atoms in total. The fourth-order valence-electron chi connectivity index (χ4n) is 2.00. The van der Waals surface area contributed by atoms with Crippen molar-refractivity contribution in [3.05, 3.63) is 66.5 Å². The molecule has 0 saturated heterocycles. The zero-order valence-electron chi connectivity index (χ0n) is 11.6. The summed E-state index contributed by atoms with van der Waals surface area (Å²) in [5.74, 6) is 2.14. The molecule has 3 aromatic rings. The molecule has 0 N–H and O–H groups in total. The number of rotatable bonds is 3. The maximum atomic E-state index is 4.61. The Morgan fingerprint density at radius 3 is 1.52 bits per heavy atom. The van der Waals surface area contributed by atoms with Gasteiger partial charge in [-0.2, -0.15) is 0 Å². The van der Waals surface area contributed by atoms with Crippen molar-refractivity contribution in [2.75, 3.05) is 0 Å². The smallest absolute Gasteiger partial charge is 0.163 e. The van der Waals surface area contributed by atoms with E-state index in [4.69, 9.17) is 0 Å². The first-order valence-corrected chi connectivity index (χ1v) is 7.66. The monoisotopic (exact) mass is 339 g/mol. The SMILES string of the molecule is CC(Br)c1nc(-c2ccccc2)nc(-c2ccccc2)n1. The summed E-state index contributed by atoms with van der Waals surface area (Å²) in [5.41, 5.74) is 1.98. The lowest BCUT2D eigenvalue weighted by Gasteiger charge is -2.08. The predicted octanol–water partition coefficient (Wildman–Crippen LogP) is 4.66. The van der Waals surface area contributed by atoms with Gasteiger partial charge in [-0.25, -0.2) is 15.0 Å². The standard InChI is InChI=1S/C17H14BrN3/c1-12(18)15-19-16(13-8-4-2-5-9-13)21-17(20-15)14-10-6-3-7-11-14/h2-12H,1H3. The van der Waals surface area contributed by atoms with Gasteiger partial charge in [-0.1, -0.05) is 76.6 Å². The fraction of sp³-hybridized carbons (Fsp3) is 0.118. The number of nitrogens with zero attached hydrogens (tertiary/aromatic N) is 3. The van der Waals surface area contributed by atoms with Gasteiger partial charge in [0.05, 0.1) is 4.83 Å². The van der Waals surface area contributed by atoms with Crippen molar-refractivity contribution in [2.24, 2.45) is 0 Å². The van der Waals surface area contributed by atoms with Crippen molar-refractivity contribution < 1.29 is 0 Å². The molecule has 0 aliphatic carbocycles. The minimum Gasteiger partial charge on any atom is -0.212 e. The van der Waals surface area contributed by atoms with Gasteiger partial charge in [-0.05, 0) is 6.92 Å². The summed E-state index contributed by atoms with van der Waals surface area (Å²) in [5, 5.41) is 0. The third kappa shape index (κ3) is 3.16. The molecule has 0 saturated carbocycles. The topological polar surface area (TPSA) is 38.7 Å². The first kappa shape index (κ1) is 13.9. The van der Waals surface area contributed by atoms with Gasteiger partial charge >= 0.3 is 0 Å². The minimum absolute atomic E-state index is 0.0745. The Morgan fingerprint density at radius 1 is 0.714 bits per heavy atom. The van der Waals surface area contributed by atoms with Crippen molar-refractivity contribution >= 4 is 15.9 Å². The van der Waals surface area contributed by atoms with E-state index in [0.29, 0.717) is 11.6 Å². The Labute approximate surface area is 132 Å². The van der Waals surface area contributed by atoms with Gasteiger partial charge in [0.15, 0.2) is 11.6 Å². The highest BCUT2D eigenvalue weighted by Gasteiger charge is 2.12. The van der Waals surface area contributed by atoms with E-state index in [9.17, 15) is 0 Å². The van der Waals surface area contributed by atoms with Crippen LogP contribution in [0, 0.1) is 0 Å². The van der Waals surface area contributed by atoms with Crippen molar-refractivity contribution in [1.29, 1.82) is 0 Å². The van der Waals surface area contributed by atoms with E-state index < -0.39 is 0 Å². The molecule has 0 aliphatic rings. The summed E-state index contributed by atoms with van der Waals surface area (Å²) in [6.45, 7) is 2.01. The molecule has 0 aliphatic heterocycles. The van der Waals surface area contributed by atoms with Gasteiger partial charge in [0, 0.05) is 11.1 Å². The Morgan fingerprint density at radius 2 is 1.14 bits per heavy atom. The van der Waals surface area contributed by atoms with Crippen molar-refractivity contribution in [3.63, 3.8) is 0 Å². The Kier molecular flexibility index (Phi) is 4.06. The molecule has 0 fully saturated rings. The van der Waals surface area contributed by atoms with Gasteiger partial charge in [-0.15, -0.1) is 0 Å². The molecule has 0 bridgehead atoms. The Bertz CT molecular complexity index is 670. The van der Waals surface area contributed by atoms with Crippen molar-refractivity contribution in [1.82, 2.24) is 15.0 Å². The maximum absolute atomic E-state index is 4.61. The second-order valence-electron chi connectivity index (χ2n) is 4.69. The number of aromatic nitrogens is 3. The highest BCUT2D eigenvalue weighted by Crippen LogP contribution is 2.24. The largest absolute Gasteiger partial charge is 0.212 e. The van der Waals surface area contributed by atoms with E-state index in [0.717, 1.165) is 17.0 Å². The van der Waals surface area contributed by atoms with Crippen LogP contribution in [0.15, 0.2) is 60.7 Å². The normalized spacial score (nSPS) is 12.1. The molecule has 21 heavy (non-hydrogen) atoms. The third-order valence-electron chi connectivity index (χ3n) is 3.07. The van der Waals surface area contributed by atoms with Crippen LogP contribution < -0.4 is 0 Å². The van der Waals surface area contributed by atoms with Crippen LogP contribution in [-0.2, 0) is 0 Å². The lowest BCUT2D eigenvalue weighted by Crippen LogP contribution is -2.03. The summed E-state index contributed by atoms with van der Waals surface area (Å²) >= 11 is 3.54. The molecule has 1 aromatic heterocycles. The number of halogens is 1. The lowest BCUT2D eigenvalue weighted by atomic mass is 10.2. The molecular formula is C17H14BrN3. The average Bonchev–Trinajstić information content (AvgIpc) is 2.56. The summed E-state index contributed by atoms with van der Waals surface area (Å²) in [4.78, 5) is 13.8. The fourth-order valence-corrected chi connectivity index (χ4v) is 2.21. The molecule has 1 unspecified atom stereocenters. The quantitative estimate of drug-likeness (QED) is 0.651. The van der Waals surface area contributed by atoms with E-state index in [1.54, 1.807) is 0 Å². The van der Waals surface area contributed by atoms with E-state index in [1.165, 1.54) is 0 Å². The van der Waals surface area contributed by atoms with Crippen LogP contribution in [-0.4, -0.2) is 15.0 Å². The van der Waals surface area contributed by atoms with E-state index in [1.807, 2.05) is 67.6 Å². The zero-order valence-corrected chi connectivity index (χ0v) is 13.2. The molecular weight excluding hydrogens is 326 g/mol. The molecule has 104 valence electrons. The first-order valence-electron chi connectivity index (χ1n) is 6.75. The van der Waals surface area contributed by atoms with Crippen LogP contribution in [0.25, 0.3) is 22.8 Å². The maximum Gasteiger partial charge on any atom is 0.163 e. The summed E-state index contributed by atoms with van der Waals surface area (Å²) in [7, 11) is 0. The molecule has 0 amide bonds. The molecule has 0 radical (unpaired) electrons. The van der Waals surface area contributed by atoms with Crippen LogP contribution >= 0.6 is 15.9 Å². The van der Waals surface area contributed by atoms with Crippen LogP contribution in [0.3, 0.4) is 0 Å². The highest BCUT2D eigenvalue weighted by atomic mass is 79.9. The van der Waals surface area contributed by atoms with Crippen LogP contribution in [0.4, 0.5) is 0 Å². The van der Waals surface area contributed by atoms with Gasteiger partial charge in [0.1, 0.15) is 5.82 Å². The van der Waals surface area contributed by atoms with Gasteiger partial charge in [0.25, 0.3) is 0 Å². The van der Waals surface area contributed by atoms with Crippen molar-refractivity contribution in [2.45, 2.75) is 11.8 Å². The third-order valence-corrected chi connectivity index (χ3v) is 3.48. The van der Waals surface area contributed by atoms with Crippen LogP contribution in [0.1, 0.15) is 17.6 Å². The Hall–Kier alpha value is -2.07.